The lowest BCUT2D eigenvalue weighted by Crippen LogP contribution is -1.97. The fraction of sp³-hybridized carbons (Fsp3) is 0.0476. The van der Waals surface area contributed by atoms with E-state index in [9.17, 15) is 0 Å². The van der Waals surface area contributed by atoms with Crippen LogP contribution in [0.15, 0.2) is 72.8 Å². The van der Waals surface area contributed by atoms with Gasteiger partial charge in [-0.3, -0.25) is 0 Å². The van der Waals surface area contributed by atoms with E-state index in [-0.39, 0.29) is 0 Å². The lowest BCUT2D eigenvalue weighted by Gasteiger charge is -2.13. The Hall–Kier alpha value is -2.69. The van der Waals surface area contributed by atoms with Gasteiger partial charge in [-0.1, -0.05) is 60.0 Å². The van der Waals surface area contributed by atoms with Gasteiger partial charge in [0.25, 0.3) is 0 Å². The molecule has 0 heterocycles. The van der Waals surface area contributed by atoms with E-state index in [1.54, 1.807) is 0 Å². The van der Waals surface area contributed by atoms with Gasteiger partial charge in [0.1, 0.15) is 12.4 Å². The van der Waals surface area contributed by atoms with Gasteiger partial charge in [-0.15, -0.1) is 6.42 Å². The highest BCUT2D eigenvalue weighted by atomic mass is 35.5. The van der Waals surface area contributed by atoms with Crippen LogP contribution in [0.5, 0.6) is 5.75 Å². The molecule has 0 fully saturated rings. The van der Waals surface area contributed by atoms with Gasteiger partial charge in [-0.2, -0.15) is 0 Å². The van der Waals surface area contributed by atoms with Crippen LogP contribution in [-0.4, -0.2) is 0 Å². The summed E-state index contributed by atoms with van der Waals surface area (Å²) in [6, 6.07) is 23.5. The second kappa shape index (κ2) is 7.05. The zero-order valence-electron chi connectivity index (χ0n) is 12.5. The highest BCUT2D eigenvalue weighted by molar-refractivity contribution is 6.30. The van der Waals surface area contributed by atoms with Crippen LogP contribution < -0.4 is 4.74 Å². The van der Waals surface area contributed by atoms with Crippen LogP contribution in [0.2, 0.25) is 5.02 Å². The Kier molecular flexibility index (Phi) is 4.66. The molecule has 23 heavy (non-hydrogen) atoms. The Morgan fingerprint density at radius 2 is 1.74 bits per heavy atom. The molecule has 3 rings (SSSR count). The zero-order valence-corrected chi connectivity index (χ0v) is 13.3. The Bertz CT molecular complexity index is 847. The molecule has 1 nitrogen and oxygen atoms in total. The Morgan fingerprint density at radius 3 is 2.48 bits per heavy atom. The van der Waals surface area contributed by atoms with Crippen LogP contribution >= 0.6 is 11.6 Å². The van der Waals surface area contributed by atoms with E-state index in [0.29, 0.717) is 11.6 Å². The van der Waals surface area contributed by atoms with Gasteiger partial charge in [0, 0.05) is 16.1 Å². The molecule has 0 amide bonds. The molecule has 0 aliphatic carbocycles. The minimum absolute atomic E-state index is 0.489. The van der Waals surface area contributed by atoms with Crippen LogP contribution in [0.1, 0.15) is 11.1 Å². The van der Waals surface area contributed by atoms with Gasteiger partial charge in [-0.25, -0.2) is 0 Å². The average Bonchev–Trinajstić information content (AvgIpc) is 2.60. The van der Waals surface area contributed by atoms with Crippen LogP contribution in [0.25, 0.3) is 11.1 Å². The largest absolute Gasteiger partial charge is 0.488 e. The van der Waals surface area contributed by atoms with Crippen molar-refractivity contribution in [1.29, 1.82) is 0 Å². The summed E-state index contributed by atoms with van der Waals surface area (Å²) in [5.41, 5.74) is 3.88. The summed E-state index contributed by atoms with van der Waals surface area (Å²) in [5.74, 6) is 3.41. The number of halogens is 1. The minimum Gasteiger partial charge on any atom is -0.488 e. The third-order valence-electron chi connectivity index (χ3n) is 3.52. The van der Waals surface area contributed by atoms with Gasteiger partial charge in [0.2, 0.25) is 0 Å². The van der Waals surface area contributed by atoms with Crippen molar-refractivity contribution in [2.24, 2.45) is 0 Å². The molecule has 0 bridgehead atoms. The fourth-order valence-electron chi connectivity index (χ4n) is 2.36. The van der Waals surface area contributed by atoms with Gasteiger partial charge in [-0.05, 0) is 41.5 Å². The highest BCUT2D eigenvalue weighted by Crippen LogP contribution is 2.32. The third-order valence-corrected chi connectivity index (χ3v) is 3.76. The molecule has 0 aromatic heterocycles. The summed E-state index contributed by atoms with van der Waals surface area (Å²) in [6.07, 6.45) is 5.51. The van der Waals surface area contributed by atoms with E-state index in [2.05, 4.69) is 5.92 Å². The Labute approximate surface area is 141 Å². The number of hydrogen-bond acceptors (Lipinski definition) is 1. The first-order chi connectivity index (χ1) is 11.3. The number of benzene rings is 3. The SMILES string of the molecule is C#Cc1ccc(-c2cccc(Cl)c2)c(OCc2ccccc2)c1. The van der Waals surface area contributed by atoms with Gasteiger partial charge < -0.3 is 4.74 Å². The predicted molar refractivity (Wildman–Crippen MR) is 95.6 cm³/mol. The lowest BCUT2D eigenvalue weighted by atomic mass is 10.0. The first kappa shape index (κ1) is 15.2. The molecule has 0 aliphatic rings. The molecule has 0 saturated carbocycles. The smallest absolute Gasteiger partial charge is 0.128 e. The maximum Gasteiger partial charge on any atom is 0.128 e. The molecule has 0 N–H and O–H groups in total. The molecule has 0 saturated heterocycles. The normalized spacial score (nSPS) is 10.1. The monoisotopic (exact) mass is 318 g/mol. The summed E-state index contributed by atoms with van der Waals surface area (Å²) >= 11 is 6.11. The summed E-state index contributed by atoms with van der Waals surface area (Å²) < 4.78 is 6.02. The molecule has 3 aromatic carbocycles. The second-order valence-electron chi connectivity index (χ2n) is 5.14. The molecular weight excluding hydrogens is 304 g/mol. The van der Waals surface area contributed by atoms with Crippen molar-refractivity contribution >= 4 is 11.6 Å². The van der Waals surface area contributed by atoms with E-state index in [4.69, 9.17) is 22.8 Å². The average molecular weight is 319 g/mol. The molecule has 0 atom stereocenters. The molecule has 0 unspecified atom stereocenters. The predicted octanol–water partition coefficient (Wildman–Crippen LogP) is 5.57. The number of terminal acetylenes is 1. The topological polar surface area (TPSA) is 9.23 Å². The fourth-order valence-corrected chi connectivity index (χ4v) is 2.55. The summed E-state index contributed by atoms with van der Waals surface area (Å²) in [6.45, 7) is 0.489. The standard InChI is InChI=1S/C21H15ClO/c1-2-16-11-12-20(18-9-6-10-19(22)14-18)21(13-16)23-15-17-7-4-3-5-8-17/h1,3-14H,15H2. The second-order valence-corrected chi connectivity index (χ2v) is 5.58. The van der Waals surface area contributed by atoms with Crippen LogP contribution in [0.3, 0.4) is 0 Å². The van der Waals surface area contributed by atoms with E-state index < -0.39 is 0 Å². The third kappa shape index (κ3) is 3.74. The maximum absolute atomic E-state index is 6.11. The molecule has 3 aromatic rings. The highest BCUT2D eigenvalue weighted by Gasteiger charge is 2.08. The van der Waals surface area contributed by atoms with Gasteiger partial charge >= 0.3 is 0 Å². The molecule has 0 radical (unpaired) electrons. The first-order valence-corrected chi connectivity index (χ1v) is 7.67. The number of rotatable bonds is 4. The molecule has 2 heteroatoms. The van der Waals surface area contributed by atoms with Crippen molar-refractivity contribution in [3.63, 3.8) is 0 Å². The van der Waals surface area contributed by atoms with Crippen molar-refractivity contribution in [2.75, 3.05) is 0 Å². The summed E-state index contributed by atoms with van der Waals surface area (Å²) in [7, 11) is 0. The number of ether oxygens (including phenoxy) is 1. The lowest BCUT2D eigenvalue weighted by molar-refractivity contribution is 0.307. The van der Waals surface area contributed by atoms with Crippen molar-refractivity contribution in [1.82, 2.24) is 0 Å². The minimum atomic E-state index is 0.489. The first-order valence-electron chi connectivity index (χ1n) is 7.29. The molecule has 0 spiro atoms. The summed E-state index contributed by atoms with van der Waals surface area (Å²) in [4.78, 5) is 0. The zero-order chi connectivity index (χ0) is 16.1. The Morgan fingerprint density at radius 1 is 0.913 bits per heavy atom. The van der Waals surface area contributed by atoms with Crippen LogP contribution in [0, 0.1) is 12.3 Å². The molecule has 112 valence electrons. The van der Waals surface area contributed by atoms with Gasteiger partial charge in [0.05, 0.1) is 0 Å². The summed E-state index contributed by atoms with van der Waals surface area (Å²) in [5, 5.41) is 0.692. The van der Waals surface area contributed by atoms with Crippen molar-refractivity contribution in [2.45, 2.75) is 6.61 Å². The number of hydrogen-bond donors (Lipinski definition) is 0. The van der Waals surface area contributed by atoms with E-state index in [1.165, 1.54) is 0 Å². The van der Waals surface area contributed by atoms with Crippen molar-refractivity contribution in [3.8, 4) is 29.2 Å². The van der Waals surface area contributed by atoms with Crippen LogP contribution in [-0.2, 0) is 6.61 Å². The molecular formula is C21H15ClO. The van der Waals surface area contributed by atoms with Gasteiger partial charge in [0.15, 0.2) is 0 Å². The Balaban J connectivity index is 1.95. The van der Waals surface area contributed by atoms with Crippen LogP contribution in [0.4, 0.5) is 0 Å². The quantitative estimate of drug-likeness (QED) is 0.572. The van der Waals surface area contributed by atoms with E-state index in [1.807, 2.05) is 72.8 Å². The maximum atomic E-state index is 6.11. The van der Waals surface area contributed by atoms with E-state index >= 15 is 0 Å². The van der Waals surface area contributed by atoms with Crippen molar-refractivity contribution in [3.05, 3.63) is 88.9 Å². The van der Waals surface area contributed by atoms with Crippen molar-refractivity contribution < 1.29 is 4.74 Å². The molecule has 0 aliphatic heterocycles. The van der Waals surface area contributed by atoms with E-state index in [0.717, 1.165) is 28.0 Å².